The maximum Gasteiger partial charge on any atom is 0.115 e. The predicted octanol–water partition coefficient (Wildman–Crippen LogP) is 4.02. The average molecular weight is 242 g/mol. The minimum Gasteiger partial charge on any atom is -0.508 e. The van der Waals surface area contributed by atoms with E-state index in [0.29, 0.717) is 11.7 Å². The summed E-state index contributed by atoms with van der Waals surface area (Å²) in [5, 5.41) is 9.35. The average Bonchev–Trinajstić information content (AvgIpc) is 2.39. The molecular formula is C15H14OS. The van der Waals surface area contributed by atoms with E-state index < -0.39 is 0 Å². The topological polar surface area (TPSA) is 20.2 Å². The Kier molecular flexibility index (Phi) is 2.81. The number of thioether (sulfide) groups is 1. The van der Waals surface area contributed by atoms with Crippen LogP contribution in [0.1, 0.15) is 23.5 Å². The summed E-state index contributed by atoms with van der Waals surface area (Å²) in [6.45, 7) is 0. The highest BCUT2D eigenvalue weighted by atomic mass is 32.2. The molecule has 3 rings (SSSR count). The lowest BCUT2D eigenvalue weighted by Gasteiger charge is -2.25. The van der Waals surface area contributed by atoms with Crippen molar-refractivity contribution in [1.29, 1.82) is 0 Å². The van der Waals surface area contributed by atoms with E-state index in [9.17, 15) is 5.11 Å². The Hall–Kier alpha value is -1.41. The number of fused-ring (bicyclic) bond motifs is 1. The Morgan fingerprint density at radius 2 is 1.76 bits per heavy atom. The summed E-state index contributed by atoms with van der Waals surface area (Å²) >= 11 is 1.94. The van der Waals surface area contributed by atoms with Gasteiger partial charge in [-0.2, -0.15) is 0 Å². The van der Waals surface area contributed by atoms with E-state index in [1.165, 1.54) is 28.2 Å². The lowest BCUT2D eigenvalue weighted by molar-refractivity contribution is 0.475. The van der Waals surface area contributed by atoms with Gasteiger partial charge < -0.3 is 5.11 Å². The normalized spacial score (nSPS) is 18.7. The van der Waals surface area contributed by atoms with Gasteiger partial charge in [0.2, 0.25) is 0 Å². The molecule has 0 spiro atoms. The fraction of sp³-hybridized carbons (Fsp3) is 0.200. The van der Waals surface area contributed by atoms with Crippen LogP contribution in [-0.4, -0.2) is 10.9 Å². The second kappa shape index (κ2) is 4.46. The van der Waals surface area contributed by atoms with Crippen LogP contribution in [0.4, 0.5) is 0 Å². The van der Waals surface area contributed by atoms with Crippen LogP contribution in [0, 0.1) is 0 Å². The van der Waals surface area contributed by atoms with Crippen molar-refractivity contribution in [3.8, 4) is 5.75 Å². The number of benzene rings is 2. The van der Waals surface area contributed by atoms with Gasteiger partial charge in [0.25, 0.3) is 0 Å². The molecule has 1 N–H and O–H groups in total. The minimum atomic E-state index is 0.340. The molecule has 0 amide bonds. The molecule has 1 aliphatic heterocycles. The van der Waals surface area contributed by atoms with Gasteiger partial charge in [-0.3, -0.25) is 0 Å². The highest BCUT2D eigenvalue weighted by molar-refractivity contribution is 7.99. The molecular weight excluding hydrogens is 228 g/mol. The van der Waals surface area contributed by atoms with Gasteiger partial charge in [0.1, 0.15) is 5.75 Å². The first-order valence-electron chi connectivity index (χ1n) is 5.85. The molecule has 0 aromatic heterocycles. The molecule has 2 aromatic rings. The molecule has 1 aliphatic rings. The predicted molar refractivity (Wildman–Crippen MR) is 71.7 cm³/mol. The van der Waals surface area contributed by atoms with E-state index in [1.807, 2.05) is 23.9 Å². The zero-order valence-electron chi connectivity index (χ0n) is 9.47. The molecule has 0 unspecified atom stereocenters. The lowest BCUT2D eigenvalue weighted by Crippen LogP contribution is -2.08. The number of hydrogen-bond donors (Lipinski definition) is 1. The van der Waals surface area contributed by atoms with Gasteiger partial charge >= 0.3 is 0 Å². The van der Waals surface area contributed by atoms with Crippen LogP contribution in [0.2, 0.25) is 0 Å². The molecule has 0 radical (unpaired) electrons. The van der Waals surface area contributed by atoms with Gasteiger partial charge in [-0.1, -0.05) is 30.3 Å². The van der Waals surface area contributed by atoms with Crippen molar-refractivity contribution in [3.63, 3.8) is 0 Å². The molecule has 1 heterocycles. The monoisotopic (exact) mass is 242 g/mol. The highest BCUT2D eigenvalue weighted by Crippen LogP contribution is 2.41. The van der Waals surface area contributed by atoms with Crippen molar-refractivity contribution in [2.75, 3.05) is 5.75 Å². The van der Waals surface area contributed by atoms with Crippen LogP contribution in [0.5, 0.6) is 5.75 Å². The fourth-order valence-corrected chi connectivity index (χ4v) is 3.52. The Balaban J connectivity index is 2.03. The second-order valence-electron chi connectivity index (χ2n) is 4.32. The quantitative estimate of drug-likeness (QED) is 0.815. The van der Waals surface area contributed by atoms with Crippen LogP contribution >= 0.6 is 11.8 Å². The lowest BCUT2D eigenvalue weighted by atomic mass is 9.89. The number of aromatic hydroxyl groups is 1. The Bertz CT molecular complexity index is 519. The summed E-state index contributed by atoms with van der Waals surface area (Å²) in [7, 11) is 0. The van der Waals surface area contributed by atoms with Crippen molar-refractivity contribution in [2.24, 2.45) is 0 Å². The third-order valence-corrected chi connectivity index (χ3v) is 4.38. The highest BCUT2D eigenvalue weighted by Gasteiger charge is 2.21. The van der Waals surface area contributed by atoms with Crippen LogP contribution in [0.25, 0.3) is 0 Å². The molecule has 1 nitrogen and oxygen atoms in total. The van der Waals surface area contributed by atoms with Gasteiger partial charge in [0, 0.05) is 10.8 Å². The Morgan fingerprint density at radius 3 is 2.59 bits per heavy atom. The standard InChI is InChI=1S/C15H14OS/c16-12-7-5-11(6-8-12)13-9-10-17-15-4-2-1-3-14(13)15/h1-8,13,16H,9-10H2/t13-/m0/s1. The van der Waals surface area contributed by atoms with Crippen molar-refractivity contribution >= 4 is 11.8 Å². The summed E-state index contributed by atoms with van der Waals surface area (Å²) in [4.78, 5) is 1.40. The molecule has 0 saturated carbocycles. The van der Waals surface area contributed by atoms with Gasteiger partial charge in [-0.05, 0) is 41.5 Å². The van der Waals surface area contributed by atoms with Crippen molar-refractivity contribution in [3.05, 3.63) is 59.7 Å². The third-order valence-electron chi connectivity index (χ3n) is 3.25. The van der Waals surface area contributed by atoms with Crippen molar-refractivity contribution in [2.45, 2.75) is 17.2 Å². The third kappa shape index (κ3) is 2.05. The van der Waals surface area contributed by atoms with E-state index in [2.05, 4.69) is 24.3 Å². The maximum atomic E-state index is 9.35. The van der Waals surface area contributed by atoms with Gasteiger partial charge in [-0.25, -0.2) is 0 Å². The summed E-state index contributed by atoms with van der Waals surface area (Å²) in [6, 6.07) is 16.3. The molecule has 17 heavy (non-hydrogen) atoms. The number of hydrogen-bond acceptors (Lipinski definition) is 2. The van der Waals surface area contributed by atoms with Crippen LogP contribution < -0.4 is 0 Å². The fourth-order valence-electron chi connectivity index (χ4n) is 2.39. The summed E-state index contributed by atoms with van der Waals surface area (Å²) in [5.74, 6) is 1.99. The minimum absolute atomic E-state index is 0.340. The smallest absolute Gasteiger partial charge is 0.115 e. The van der Waals surface area contributed by atoms with E-state index in [-0.39, 0.29) is 0 Å². The zero-order valence-corrected chi connectivity index (χ0v) is 10.3. The van der Waals surface area contributed by atoms with E-state index in [1.54, 1.807) is 12.1 Å². The summed E-state index contributed by atoms with van der Waals surface area (Å²) in [5.41, 5.74) is 2.73. The summed E-state index contributed by atoms with van der Waals surface area (Å²) in [6.07, 6.45) is 1.17. The van der Waals surface area contributed by atoms with Gasteiger partial charge in [-0.15, -0.1) is 11.8 Å². The number of rotatable bonds is 1. The molecule has 86 valence electrons. The Morgan fingerprint density at radius 1 is 1.00 bits per heavy atom. The molecule has 2 aromatic carbocycles. The van der Waals surface area contributed by atoms with Gasteiger partial charge in [0.15, 0.2) is 0 Å². The largest absolute Gasteiger partial charge is 0.508 e. The van der Waals surface area contributed by atoms with E-state index >= 15 is 0 Å². The number of phenols is 1. The van der Waals surface area contributed by atoms with Gasteiger partial charge in [0.05, 0.1) is 0 Å². The van der Waals surface area contributed by atoms with Crippen LogP contribution in [0.15, 0.2) is 53.4 Å². The zero-order chi connectivity index (χ0) is 11.7. The van der Waals surface area contributed by atoms with Crippen LogP contribution in [-0.2, 0) is 0 Å². The molecule has 2 heteroatoms. The number of phenolic OH excluding ortho intramolecular Hbond substituents is 1. The molecule has 0 saturated heterocycles. The summed E-state index contributed by atoms with van der Waals surface area (Å²) < 4.78 is 0. The molecule has 0 bridgehead atoms. The molecule has 0 aliphatic carbocycles. The second-order valence-corrected chi connectivity index (χ2v) is 5.46. The van der Waals surface area contributed by atoms with E-state index in [0.717, 1.165) is 0 Å². The first-order chi connectivity index (χ1) is 8.34. The SMILES string of the molecule is Oc1ccc([C@@H]2CCSc3ccccc32)cc1. The van der Waals surface area contributed by atoms with Crippen LogP contribution in [0.3, 0.4) is 0 Å². The molecule has 1 atom stereocenters. The first kappa shape index (κ1) is 10.7. The van der Waals surface area contributed by atoms with Crippen molar-refractivity contribution < 1.29 is 5.11 Å². The Labute approximate surface area is 105 Å². The van der Waals surface area contributed by atoms with Crippen molar-refractivity contribution in [1.82, 2.24) is 0 Å². The maximum absolute atomic E-state index is 9.35. The van der Waals surface area contributed by atoms with E-state index in [4.69, 9.17) is 0 Å². The molecule has 0 fully saturated rings. The first-order valence-corrected chi connectivity index (χ1v) is 6.84.